The molecule has 11 heavy (non-hydrogen) atoms. The Bertz CT molecular complexity index is 145. The maximum atomic E-state index is 3.14. The third-order valence-electron chi connectivity index (χ3n) is 1.39. The average molecular weight is 150 g/mol. The zero-order valence-electron chi connectivity index (χ0n) is 7.64. The topological polar surface area (TPSA) is 0 Å². The van der Waals surface area contributed by atoms with Crippen LogP contribution in [0.4, 0.5) is 0 Å². The number of allylic oxidation sites excluding steroid dienone is 3. The van der Waals surface area contributed by atoms with Crippen molar-refractivity contribution in [3.05, 3.63) is 30.0 Å². The normalized spacial score (nSPS) is 9.64. The molecule has 0 bridgehead atoms. The van der Waals surface area contributed by atoms with Gasteiger partial charge in [-0.05, 0) is 44.8 Å². The fraction of sp³-hybridized carbons (Fsp3) is 0.545. The maximum Gasteiger partial charge on any atom is -0.0272 e. The van der Waals surface area contributed by atoms with E-state index in [0.717, 1.165) is 12.8 Å². The summed E-state index contributed by atoms with van der Waals surface area (Å²) in [5.41, 5.74) is 3.14. The van der Waals surface area contributed by atoms with Crippen LogP contribution in [-0.4, -0.2) is 0 Å². The van der Waals surface area contributed by atoms with E-state index in [0.29, 0.717) is 0 Å². The molecule has 0 aromatic heterocycles. The molecular weight excluding hydrogens is 132 g/mol. The first-order valence-corrected chi connectivity index (χ1v) is 4.42. The van der Waals surface area contributed by atoms with Gasteiger partial charge in [-0.2, -0.15) is 0 Å². The van der Waals surface area contributed by atoms with Crippen molar-refractivity contribution in [3.63, 3.8) is 0 Å². The summed E-state index contributed by atoms with van der Waals surface area (Å²) in [4.78, 5) is 0. The van der Waals surface area contributed by atoms with Crippen LogP contribution in [-0.2, 0) is 0 Å². The highest BCUT2D eigenvalue weighted by molar-refractivity contribution is 4.85. The summed E-state index contributed by atoms with van der Waals surface area (Å²) >= 11 is 0. The molecule has 0 amide bonds. The molecular formula is C11H18. The summed E-state index contributed by atoms with van der Waals surface area (Å²) < 4.78 is 0. The minimum Gasteiger partial charge on any atom is -0.130 e. The van der Waals surface area contributed by atoms with Crippen molar-refractivity contribution in [2.24, 2.45) is 0 Å². The highest BCUT2D eigenvalue weighted by atomic mass is 13.8. The van der Waals surface area contributed by atoms with E-state index in [-0.39, 0.29) is 0 Å². The van der Waals surface area contributed by atoms with E-state index in [1.54, 1.807) is 0 Å². The van der Waals surface area contributed by atoms with Crippen LogP contribution in [0.15, 0.2) is 30.0 Å². The second-order valence-electron chi connectivity index (χ2n) is 2.48. The Balaban J connectivity index is 3.20. The van der Waals surface area contributed by atoms with Crippen molar-refractivity contribution in [1.82, 2.24) is 0 Å². The summed E-state index contributed by atoms with van der Waals surface area (Å²) in [5.74, 6) is 0. The zero-order chi connectivity index (χ0) is 8.36. The fourth-order valence-corrected chi connectivity index (χ4v) is 0.789. The smallest absolute Gasteiger partial charge is 0.0272 e. The molecule has 62 valence electrons. The van der Waals surface area contributed by atoms with Gasteiger partial charge in [-0.3, -0.25) is 0 Å². The van der Waals surface area contributed by atoms with Crippen molar-refractivity contribution in [2.45, 2.75) is 39.5 Å². The van der Waals surface area contributed by atoms with Crippen LogP contribution in [0.2, 0.25) is 0 Å². The van der Waals surface area contributed by atoms with Gasteiger partial charge in [0.25, 0.3) is 0 Å². The summed E-state index contributed by atoms with van der Waals surface area (Å²) in [6.07, 6.45) is 13.2. The Morgan fingerprint density at radius 1 is 1.18 bits per heavy atom. The van der Waals surface area contributed by atoms with Crippen molar-refractivity contribution < 1.29 is 0 Å². The number of rotatable bonds is 5. The molecule has 0 fully saturated rings. The Kier molecular flexibility index (Phi) is 8.64. The standard InChI is InChI=1S/C11H18/c1-3-5-7-9-11-10-8-6-4-2/h3,5-6,10H,4,7,9,11H2,1-2H3. The van der Waals surface area contributed by atoms with Crippen LogP contribution in [0, 0.1) is 0 Å². The van der Waals surface area contributed by atoms with Gasteiger partial charge in [0.2, 0.25) is 0 Å². The quantitative estimate of drug-likeness (QED) is 0.317. The predicted molar refractivity (Wildman–Crippen MR) is 51.6 cm³/mol. The van der Waals surface area contributed by atoms with E-state index in [1.807, 2.05) is 0 Å². The molecule has 0 aromatic carbocycles. The summed E-state index contributed by atoms with van der Waals surface area (Å²) in [6, 6.07) is 0. The number of hydrogen-bond acceptors (Lipinski definition) is 0. The van der Waals surface area contributed by atoms with Crippen LogP contribution < -0.4 is 0 Å². The van der Waals surface area contributed by atoms with Gasteiger partial charge >= 0.3 is 0 Å². The van der Waals surface area contributed by atoms with Crippen LogP contribution in [0.5, 0.6) is 0 Å². The molecule has 0 saturated carbocycles. The van der Waals surface area contributed by atoms with E-state index < -0.39 is 0 Å². The molecule has 0 aliphatic carbocycles. The largest absolute Gasteiger partial charge is 0.130 e. The summed E-state index contributed by atoms with van der Waals surface area (Å²) in [7, 11) is 0. The van der Waals surface area contributed by atoms with Gasteiger partial charge in [-0.15, -0.1) is 5.73 Å². The molecule has 0 atom stereocenters. The summed E-state index contributed by atoms with van der Waals surface area (Å²) in [6.45, 7) is 4.19. The van der Waals surface area contributed by atoms with E-state index >= 15 is 0 Å². The van der Waals surface area contributed by atoms with E-state index in [1.165, 1.54) is 12.8 Å². The molecule has 0 spiro atoms. The number of unbranched alkanes of at least 4 members (excludes halogenated alkanes) is 2. The lowest BCUT2D eigenvalue weighted by molar-refractivity contribution is 0.868. The van der Waals surface area contributed by atoms with E-state index in [4.69, 9.17) is 0 Å². The molecule has 0 aromatic rings. The van der Waals surface area contributed by atoms with Crippen LogP contribution in [0.3, 0.4) is 0 Å². The lowest BCUT2D eigenvalue weighted by Gasteiger charge is -1.86. The third-order valence-corrected chi connectivity index (χ3v) is 1.39. The number of hydrogen-bond donors (Lipinski definition) is 0. The van der Waals surface area contributed by atoms with Crippen molar-refractivity contribution in [2.75, 3.05) is 0 Å². The zero-order valence-corrected chi connectivity index (χ0v) is 7.64. The van der Waals surface area contributed by atoms with Crippen molar-refractivity contribution in [1.29, 1.82) is 0 Å². The highest BCUT2D eigenvalue weighted by Gasteiger charge is 1.77. The second-order valence-corrected chi connectivity index (χ2v) is 2.48. The Labute approximate surface area is 70.3 Å². The van der Waals surface area contributed by atoms with Gasteiger partial charge in [0.05, 0.1) is 0 Å². The molecule has 0 aliphatic rings. The molecule has 0 aliphatic heterocycles. The predicted octanol–water partition coefficient (Wildman–Crippen LogP) is 3.85. The van der Waals surface area contributed by atoms with Crippen molar-refractivity contribution >= 4 is 0 Å². The minimum atomic E-state index is 1.09. The van der Waals surface area contributed by atoms with Gasteiger partial charge in [0.1, 0.15) is 0 Å². The van der Waals surface area contributed by atoms with E-state index in [9.17, 15) is 0 Å². The molecule has 0 rings (SSSR count). The molecule has 0 nitrogen and oxygen atoms in total. The minimum absolute atomic E-state index is 1.09. The first-order chi connectivity index (χ1) is 5.41. The van der Waals surface area contributed by atoms with Crippen LogP contribution >= 0.6 is 0 Å². The Hall–Kier alpha value is -0.740. The first-order valence-electron chi connectivity index (χ1n) is 4.42. The van der Waals surface area contributed by atoms with Crippen molar-refractivity contribution in [3.8, 4) is 0 Å². The second kappa shape index (κ2) is 9.26. The molecule has 0 heteroatoms. The highest BCUT2D eigenvalue weighted by Crippen LogP contribution is 1.96. The van der Waals surface area contributed by atoms with Crippen LogP contribution in [0.1, 0.15) is 39.5 Å². The van der Waals surface area contributed by atoms with Gasteiger partial charge in [0.15, 0.2) is 0 Å². The van der Waals surface area contributed by atoms with Gasteiger partial charge in [-0.1, -0.05) is 19.1 Å². The monoisotopic (exact) mass is 150 g/mol. The Morgan fingerprint density at radius 3 is 2.64 bits per heavy atom. The van der Waals surface area contributed by atoms with E-state index in [2.05, 4.69) is 43.9 Å². The molecule has 0 heterocycles. The molecule has 0 saturated heterocycles. The van der Waals surface area contributed by atoms with Gasteiger partial charge in [0, 0.05) is 0 Å². The SMILES string of the molecule is CC=CCCCC=C=CCC. The molecule has 0 N–H and O–H groups in total. The third kappa shape index (κ3) is 9.26. The van der Waals surface area contributed by atoms with Gasteiger partial charge < -0.3 is 0 Å². The Morgan fingerprint density at radius 2 is 2.00 bits per heavy atom. The maximum absolute atomic E-state index is 3.14. The summed E-state index contributed by atoms with van der Waals surface area (Å²) in [5, 5.41) is 0. The molecule has 0 radical (unpaired) electrons. The first kappa shape index (κ1) is 10.3. The van der Waals surface area contributed by atoms with Crippen LogP contribution in [0.25, 0.3) is 0 Å². The molecule has 0 unspecified atom stereocenters. The fourth-order valence-electron chi connectivity index (χ4n) is 0.789. The lowest BCUT2D eigenvalue weighted by atomic mass is 10.2. The van der Waals surface area contributed by atoms with Gasteiger partial charge in [-0.25, -0.2) is 0 Å². The lowest BCUT2D eigenvalue weighted by Crippen LogP contribution is -1.66. The average Bonchev–Trinajstić information content (AvgIpc) is 2.03.